The van der Waals surface area contributed by atoms with E-state index in [9.17, 15) is 0 Å². The van der Waals surface area contributed by atoms with Crippen LogP contribution in [-0.2, 0) is 0 Å². The maximum atomic E-state index is 4.34. The Morgan fingerprint density at radius 3 is 2.14 bits per heavy atom. The minimum Gasteiger partial charge on any atom is -0.176 e. The maximum Gasteiger partial charge on any atom is 0.00170 e. The van der Waals surface area contributed by atoms with Crippen LogP contribution in [0.4, 0.5) is 0 Å². The minimum atomic E-state index is 0.699. The van der Waals surface area contributed by atoms with E-state index in [1.54, 1.807) is 0 Å². The normalized spacial score (nSPS) is 25.3. The zero-order valence-electron chi connectivity index (χ0n) is 4.43. The van der Waals surface area contributed by atoms with Crippen molar-refractivity contribution in [2.24, 2.45) is 0 Å². The zero-order chi connectivity index (χ0) is 5.11. The largest absolute Gasteiger partial charge is 0.176 e. The Hall–Kier alpha value is 0.350. The molecule has 1 rings (SSSR count). The van der Waals surface area contributed by atoms with Gasteiger partial charge in [-0.3, -0.25) is 0 Å². The molecule has 0 aromatic carbocycles. The van der Waals surface area contributed by atoms with E-state index in [-0.39, 0.29) is 0 Å². The van der Waals surface area contributed by atoms with Gasteiger partial charge in [0.05, 0.1) is 0 Å². The molecule has 0 aliphatic heterocycles. The van der Waals surface area contributed by atoms with E-state index in [1.807, 2.05) is 0 Å². The van der Waals surface area contributed by atoms with E-state index in [4.69, 9.17) is 0 Å². The maximum absolute atomic E-state index is 4.34. The molecule has 1 aliphatic carbocycles. The van der Waals surface area contributed by atoms with Gasteiger partial charge in [-0.05, 0) is 32.1 Å². The molecule has 0 aromatic rings. The Kier molecular flexibility index (Phi) is 2.04. The van der Waals surface area contributed by atoms with Crippen LogP contribution >= 0.6 is 12.6 Å². The highest BCUT2D eigenvalue weighted by atomic mass is 32.1. The second-order valence-corrected chi connectivity index (χ2v) is 2.83. The molecule has 0 saturated heterocycles. The van der Waals surface area contributed by atoms with Crippen LogP contribution < -0.4 is 0 Å². The smallest absolute Gasteiger partial charge is 0.00170 e. The van der Waals surface area contributed by atoms with Crippen LogP contribution in [0.5, 0.6) is 0 Å². The summed E-state index contributed by atoms with van der Waals surface area (Å²) >= 11 is 4.34. The fourth-order valence-electron chi connectivity index (χ4n) is 0.909. The van der Waals surface area contributed by atoms with E-state index in [1.165, 1.54) is 25.7 Å². The van der Waals surface area contributed by atoms with E-state index < -0.39 is 0 Å². The number of thiol groups is 1. The average Bonchev–Trinajstić information content (AvgIpc) is 1.69. The fourth-order valence-corrected chi connectivity index (χ4v) is 1.21. The Bertz CT molecular complexity index is 46.1. The summed E-state index contributed by atoms with van der Waals surface area (Å²) in [6.07, 6.45) is 7.52. The second-order valence-electron chi connectivity index (χ2n) is 2.10. The molecule has 0 aromatic heterocycles. The molecule has 1 heteroatoms. The van der Waals surface area contributed by atoms with E-state index in [2.05, 4.69) is 19.0 Å². The molecule has 1 saturated carbocycles. The highest BCUT2D eigenvalue weighted by Crippen LogP contribution is 2.20. The Morgan fingerprint density at radius 1 is 1.29 bits per heavy atom. The topological polar surface area (TPSA) is 0 Å². The molecule has 0 unspecified atom stereocenters. The van der Waals surface area contributed by atoms with Crippen LogP contribution in [0.15, 0.2) is 0 Å². The SMILES string of the molecule is SC1CC[CH]CC1. The van der Waals surface area contributed by atoms with Crippen LogP contribution in [0.25, 0.3) is 0 Å². The first-order valence-corrected chi connectivity index (χ1v) is 3.41. The third-order valence-electron chi connectivity index (χ3n) is 1.41. The van der Waals surface area contributed by atoms with Crippen LogP contribution in [0.1, 0.15) is 25.7 Å². The third kappa shape index (κ3) is 1.72. The van der Waals surface area contributed by atoms with Gasteiger partial charge in [-0.15, -0.1) is 0 Å². The average molecular weight is 115 g/mol. The summed E-state index contributed by atoms with van der Waals surface area (Å²) in [4.78, 5) is 0. The molecule has 0 spiro atoms. The van der Waals surface area contributed by atoms with Gasteiger partial charge in [0.25, 0.3) is 0 Å². The van der Waals surface area contributed by atoms with Crippen molar-refractivity contribution in [3.05, 3.63) is 6.42 Å². The van der Waals surface area contributed by atoms with Gasteiger partial charge in [-0.1, -0.05) is 0 Å². The predicted molar refractivity (Wildman–Crippen MR) is 35.5 cm³/mol. The fraction of sp³-hybridized carbons (Fsp3) is 0.833. The summed E-state index contributed by atoms with van der Waals surface area (Å²) in [5.41, 5.74) is 0. The van der Waals surface area contributed by atoms with Gasteiger partial charge in [0.2, 0.25) is 0 Å². The molecule has 1 radical (unpaired) electrons. The van der Waals surface area contributed by atoms with E-state index in [0.717, 1.165) is 0 Å². The lowest BCUT2D eigenvalue weighted by atomic mass is 10.0. The van der Waals surface area contributed by atoms with Gasteiger partial charge in [-0.25, -0.2) is 0 Å². The molecule has 0 atom stereocenters. The summed E-state index contributed by atoms with van der Waals surface area (Å²) in [5.74, 6) is 0. The summed E-state index contributed by atoms with van der Waals surface area (Å²) < 4.78 is 0. The quantitative estimate of drug-likeness (QED) is 0.459. The molecule has 7 heavy (non-hydrogen) atoms. The van der Waals surface area contributed by atoms with Gasteiger partial charge >= 0.3 is 0 Å². The van der Waals surface area contributed by atoms with Crippen molar-refractivity contribution in [1.29, 1.82) is 0 Å². The first-order chi connectivity index (χ1) is 3.39. The lowest BCUT2D eigenvalue weighted by molar-refractivity contribution is 0.611. The van der Waals surface area contributed by atoms with Crippen LogP contribution in [-0.4, -0.2) is 5.25 Å². The molecule has 0 N–H and O–H groups in total. The van der Waals surface area contributed by atoms with Crippen molar-refractivity contribution in [1.82, 2.24) is 0 Å². The lowest BCUT2D eigenvalue weighted by Gasteiger charge is -2.14. The van der Waals surface area contributed by atoms with Crippen LogP contribution in [0.3, 0.4) is 0 Å². The van der Waals surface area contributed by atoms with Crippen LogP contribution in [0.2, 0.25) is 0 Å². The molecule has 1 fully saturated rings. The van der Waals surface area contributed by atoms with Crippen molar-refractivity contribution in [3.8, 4) is 0 Å². The molecule has 0 heterocycles. The first-order valence-electron chi connectivity index (χ1n) is 2.89. The minimum absolute atomic E-state index is 0.699. The molecule has 0 bridgehead atoms. The number of rotatable bonds is 0. The third-order valence-corrected chi connectivity index (χ3v) is 1.92. The Balaban J connectivity index is 2.12. The molecular formula is C6H11S. The van der Waals surface area contributed by atoms with Gasteiger partial charge in [-0.2, -0.15) is 12.6 Å². The van der Waals surface area contributed by atoms with Crippen LogP contribution in [0, 0.1) is 6.42 Å². The number of hydrogen-bond donors (Lipinski definition) is 1. The zero-order valence-corrected chi connectivity index (χ0v) is 5.32. The Morgan fingerprint density at radius 2 is 1.86 bits per heavy atom. The predicted octanol–water partition coefficient (Wildman–Crippen LogP) is 2.06. The van der Waals surface area contributed by atoms with Gasteiger partial charge in [0.15, 0.2) is 0 Å². The van der Waals surface area contributed by atoms with Gasteiger partial charge in [0, 0.05) is 5.25 Å². The molecule has 0 nitrogen and oxygen atoms in total. The van der Waals surface area contributed by atoms with E-state index >= 15 is 0 Å². The van der Waals surface area contributed by atoms with Crippen molar-refractivity contribution >= 4 is 12.6 Å². The molecule has 41 valence electrons. The lowest BCUT2D eigenvalue weighted by Crippen LogP contribution is -2.04. The van der Waals surface area contributed by atoms with Crippen molar-refractivity contribution in [2.45, 2.75) is 30.9 Å². The first kappa shape index (κ1) is 5.49. The molecular weight excluding hydrogens is 104 g/mol. The summed E-state index contributed by atoms with van der Waals surface area (Å²) in [5, 5.41) is 0.699. The molecule has 0 amide bonds. The van der Waals surface area contributed by atoms with Crippen molar-refractivity contribution < 1.29 is 0 Å². The number of hydrogen-bond acceptors (Lipinski definition) is 1. The van der Waals surface area contributed by atoms with Gasteiger partial charge < -0.3 is 0 Å². The highest BCUT2D eigenvalue weighted by Gasteiger charge is 2.07. The summed E-state index contributed by atoms with van der Waals surface area (Å²) in [6.45, 7) is 0. The highest BCUT2D eigenvalue weighted by molar-refractivity contribution is 7.80. The summed E-state index contributed by atoms with van der Waals surface area (Å²) in [7, 11) is 0. The Labute approximate surface area is 50.7 Å². The van der Waals surface area contributed by atoms with E-state index in [0.29, 0.717) is 5.25 Å². The monoisotopic (exact) mass is 115 g/mol. The van der Waals surface area contributed by atoms with Gasteiger partial charge in [0.1, 0.15) is 0 Å². The molecule has 1 aliphatic rings. The van der Waals surface area contributed by atoms with Crippen molar-refractivity contribution in [2.75, 3.05) is 0 Å². The summed E-state index contributed by atoms with van der Waals surface area (Å²) in [6, 6.07) is 0. The standard InChI is InChI=1S/C6H11S/c7-6-4-2-1-3-5-6/h1,6-7H,2-5H2. The van der Waals surface area contributed by atoms with Crippen molar-refractivity contribution in [3.63, 3.8) is 0 Å². The second kappa shape index (κ2) is 2.61.